The number of aliphatic hydroxyl groups is 2. The first-order valence-corrected chi connectivity index (χ1v) is 6.11. The highest BCUT2D eigenvalue weighted by Crippen LogP contribution is 2.28. The van der Waals surface area contributed by atoms with Crippen LogP contribution in [0.15, 0.2) is 16.7 Å². The summed E-state index contributed by atoms with van der Waals surface area (Å²) in [5, 5.41) is 22.2. The molecule has 5 heteroatoms. The summed E-state index contributed by atoms with van der Waals surface area (Å²) < 4.78 is 0.936. The molecule has 1 aliphatic carbocycles. The van der Waals surface area contributed by atoms with E-state index in [-0.39, 0.29) is 6.04 Å². The topological polar surface area (TPSA) is 65.4 Å². The quantitative estimate of drug-likeness (QED) is 0.770. The third-order valence-corrected chi connectivity index (χ3v) is 3.92. The van der Waals surface area contributed by atoms with Gasteiger partial charge in [-0.15, -0.1) is 0 Å². The normalized spacial score (nSPS) is 29.4. The number of nitrogens with one attached hydrogen (secondary N) is 1. The average Bonchev–Trinajstić information content (AvgIpc) is 2.54. The van der Waals surface area contributed by atoms with Crippen molar-refractivity contribution >= 4 is 21.6 Å². The van der Waals surface area contributed by atoms with Crippen LogP contribution in [0.4, 0.5) is 5.69 Å². The van der Waals surface area contributed by atoms with Crippen LogP contribution in [0.1, 0.15) is 18.5 Å². The molecule has 0 radical (unpaired) electrons. The standard InChI is InChI=1S/C11H15BrN2O2/c1-6-11(12)8(2-3-13-6)14-7-4-9(15)10(16)5-7/h2-3,7,9-10,15-16H,4-5H2,1H3,(H,13,14)/t7?,9-,10+. The first kappa shape index (κ1) is 11.8. The number of aromatic nitrogens is 1. The summed E-state index contributed by atoms with van der Waals surface area (Å²) in [5.74, 6) is 0. The van der Waals surface area contributed by atoms with Gasteiger partial charge in [0.15, 0.2) is 0 Å². The van der Waals surface area contributed by atoms with Crippen LogP contribution in [0, 0.1) is 6.92 Å². The Bertz CT molecular complexity index is 376. The third kappa shape index (κ3) is 2.36. The van der Waals surface area contributed by atoms with Gasteiger partial charge in [0.05, 0.1) is 28.1 Å². The van der Waals surface area contributed by atoms with Crippen molar-refractivity contribution in [2.24, 2.45) is 0 Å². The molecule has 2 rings (SSSR count). The van der Waals surface area contributed by atoms with Crippen LogP contribution in [0.3, 0.4) is 0 Å². The number of rotatable bonds is 2. The minimum absolute atomic E-state index is 0.114. The van der Waals surface area contributed by atoms with Crippen molar-refractivity contribution in [3.05, 3.63) is 22.4 Å². The summed E-state index contributed by atoms with van der Waals surface area (Å²) in [5.41, 5.74) is 1.88. The van der Waals surface area contributed by atoms with E-state index in [0.717, 1.165) is 15.9 Å². The maximum atomic E-state index is 9.46. The van der Waals surface area contributed by atoms with E-state index in [0.29, 0.717) is 12.8 Å². The first-order valence-electron chi connectivity index (χ1n) is 5.31. The van der Waals surface area contributed by atoms with Gasteiger partial charge in [-0.25, -0.2) is 0 Å². The van der Waals surface area contributed by atoms with E-state index in [9.17, 15) is 10.2 Å². The summed E-state index contributed by atoms with van der Waals surface area (Å²) in [6.07, 6.45) is 1.67. The van der Waals surface area contributed by atoms with Crippen molar-refractivity contribution in [1.29, 1.82) is 0 Å². The molecule has 1 aromatic heterocycles. The van der Waals surface area contributed by atoms with Crippen molar-refractivity contribution in [1.82, 2.24) is 4.98 Å². The smallest absolute Gasteiger partial charge is 0.0819 e. The molecule has 0 bridgehead atoms. The van der Waals surface area contributed by atoms with Crippen molar-refractivity contribution in [2.75, 3.05) is 5.32 Å². The molecule has 0 saturated heterocycles. The number of hydrogen-bond donors (Lipinski definition) is 3. The number of anilines is 1. The van der Waals surface area contributed by atoms with Gasteiger partial charge in [0.2, 0.25) is 0 Å². The number of aliphatic hydroxyl groups excluding tert-OH is 2. The largest absolute Gasteiger partial charge is 0.390 e. The van der Waals surface area contributed by atoms with E-state index < -0.39 is 12.2 Å². The average molecular weight is 287 g/mol. The Morgan fingerprint density at radius 3 is 2.62 bits per heavy atom. The van der Waals surface area contributed by atoms with Crippen molar-refractivity contribution in [3.63, 3.8) is 0 Å². The Morgan fingerprint density at radius 1 is 1.38 bits per heavy atom. The highest BCUT2D eigenvalue weighted by atomic mass is 79.9. The van der Waals surface area contributed by atoms with Gasteiger partial charge >= 0.3 is 0 Å². The fourth-order valence-corrected chi connectivity index (χ4v) is 2.34. The van der Waals surface area contributed by atoms with Gasteiger partial charge in [-0.05, 0) is 41.8 Å². The monoisotopic (exact) mass is 286 g/mol. The number of halogens is 1. The van der Waals surface area contributed by atoms with E-state index in [4.69, 9.17) is 0 Å². The van der Waals surface area contributed by atoms with Gasteiger partial charge in [0.25, 0.3) is 0 Å². The lowest BCUT2D eigenvalue weighted by Gasteiger charge is -2.15. The number of nitrogens with zero attached hydrogens (tertiary/aromatic N) is 1. The fourth-order valence-electron chi connectivity index (χ4n) is 1.99. The molecule has 1 aromatic rings. The van der Waals surface area contributed by atoms with Crippen molar-refractivity contribution in [3.8, 4) is 0 Å². The van der Waals surface area contributed by atoms with Crippen molar-refractivity contribution < 1.29 is 10.2 Å². The van der Waals surface area contributed by atoms with E-state index >= 15 is 0 Å². The highest BCUT2D eigenvalue weighted by molar-refractivity contribution is 9.10. The van der Waals surface area contributed by atoms with Crippen LogP contribution < -0.4 is 5.32 Å². The van der Waals surface area contributed by atoms with E-state index in [1.165, 1.54) is 0 Å². The Labute approximate surface area is 103 Å². The zero-order valence-corrected chi connectivity index (χ0v) is 10.6. The van der Waals surface area contributed by atoms with Crippen LogP contribution in [-0.4, -0.2) is 33.4 Å². The summed E-state index contributed by atoms with van der Waals surface area (Å²) in [7, 11) is 0. The Morgan fingerprint density at radius 2 is 2.00 bits per heavy atom. The van der Waals surface area contributed by atoms with Gasteiger partial charge in [-0.2, -0.15) is 0 Å². The summed E-state index contributed by atoms with van der Waals surface area (Å²) in [6.45, 7) is 1.92. The zero-order chi connectivity index (χ0) is 11.7. The van der Waals surface area contributed by atoms with Gasteiger partial charge in [-0.3, -0.25) is 4.98 Å². The van der Waals surface area contributed by atoms with Crippen LogP contribution in [-0.2, 0) is 0 Å². The Kier molecular flexibility index (Phi) is 3.47. The molecular weight excluding hydrogens is 272 g/mol. The lowest BCUT2D eigenvalue weighted by atomic mass is 10.2. The van der Waals surface area contributed by atoms with Gasteiger partial charge in [0, 0.05) is 12.2 Å². The molecule has 3 atom stereocenters. The molecule has 4 nitrogen and oxygen atoms in total. The molecular formula is C11H15BrN2O2. The summed E-state index contributed by atoms with van der Waals surface area (Å²) in [4.78, 5) is 4.16. The van der Waals surface area contributed by atoms with Gasteiger partial charge < -0.3 is 15.5 Å². The lowest BCUT2D eigenvalue weighted by molar-refractivity contribution is 0.0438. The van der Waals surface area contributed by atoms with E-state index in [1.807, 2.05) is 13.0 Å². The number of pyridine rings is 1. The minimum Gasteiger partial charge on any atom is -0.390 e. The van der Waals surface area contributed by atoms with Crippen molar-refractivity contribution in [2.45, 2.75) is 38.0 Å². The first-order chi connectivity index (χ1) is 7.58. The second kappa shape index (κ2) is 4.69. The summed E-state index contributed by atoms with van der Waals surface area (Å²) in [6, 6.07) is 2.00. The Hall–Kier alpha value is -0.650. The second-order valence-electron chi connectivity index (χ2n) is 4.21. The predicted octanol–water partition coefficient (Wildman–Crippen LogP) is 1.45. The molecule has 0 amide bonds. The third-order valence-electron chi connectivity index (χ3n) is 2.92. The minimum atomic E-state index is -0.612. The van der Waals surface area contributed by atoms with Crippen LogP contribution in [0.2, 0.25) is 0 Å². The molecule has 3 N–H and O–H groups in total. The molecule has 88 valence electrons. The SMILES string of the molecule is Cc1nccc(NC2C[C@@H](O)[C@@H](O)C2)c1Br. The van der Waals surface area contributed by atoms with Gasteiger partial charge in [-0.1, -0.05) is 0 Å². The highest BCUT2D eigenvalue weighted by Gasteiger charge is 2.31. The molecule has 1 unspecified atom stereocenters. The molecule has 0 aliphatic heterocycles. The number of aryl methyl sites for hydroxylation is 1. The molecule has 1 heterocycles. The molecule has 0 spiro atoms. The van der Waals surface area contributed by atoms with Crippen LogP contribution in [0.25, 0.3) is 0 Å². The lowest BCUT2D eigenvalue weighted by Crippen LogP contribution is -2.17. The molecule has 1 aliphatic rings. The molecule has 16 heavy (non-hydrogen) atoms. The second-order valence-corrected chi connectivity index (χ2v) is 5.00. The number of hydrogen-bond acceptors (Lipinski definition) is 4. The molecule has 1 saturated carbocycles. The predicted molar refractivity (Wildman–Crippen MR) is 65.3 cm³/mol. The van der Waals surface area contributed by atoms with E-state index in [2.05, 4.69) is 26.2 Å². The maximum absolute atomic E-state index is 9.46. The van der Waals surface area contributed by atoms with Gasteiger partial charge in [0.1, 0.15) is 0 Å². The fraction of sp³-hybridized carbons (Fsp3) is 0.545. The van der Waals surface area contributed by atoms with Crippen LogP contribution >= 0.6 is 15.9 Å². The van der Waals surface area contributed by atoms with E-state index in [1.54, 1.807) is 6.20 Å². The zero-order valence-electron chi connectivity index (χ0n) is 9.02. The Balaban J connectivity index is 2.08. The maximum Gasteiger partial charge on any atom is 0.0819 e. The van der Waals surface area contributed by atoms with Crippen LogP contribution in [0.5, 0.6) is 0 Å². The summed E-state index contributed by atoms with van der Waals surface area (Å²) >= 11 is 3.47. The molecule has 1 fully saturated rings. The molecule has 0 aromatic carbocycles.